The molecule has 0 spiro atoms. The molecule has 0 unspecified atom stereocenters. The Morgan fingerprint density at radius 3 is 1.43 bits per heavy atom. The van der Waals surface area contributed by atoms with Gasteiger partial charge in [0.15, 0.2) is 0 Å². The molecule has 0 saturated carbocycles. The molecule has 0 aliphatic heterocycles. The molecule has 0 aromatic rings. The summed E-state index contributed by atoms with van der Waals surface area (Å²) in [6.45, 7) is 0. The SMILES string of the molecule is Br.N.O=C(O)O.[H-].[Na+]. The van der Waals surface area contributed by atoms with Crippen molar-refractivity contribution in [1.82, 2.24) is 6.15 Å². The summed E-state index contributed by atoms with van der Waals surface area (Å²) < 4.78 is 0. The normalized spacial score (nSPS) is 3.43. The van der Waals surface area contributed by atoms with Crippen LogP contribution in [0.5, 0.6) is 0 Å². The topological polar surface area (TPSA) is 92.5 Å². The van der Waals surface area contributed by atoms with Gasteiger partial charge in [0.2, 0.25) is 0 Å². The molecule has 0 aliphatic carbocycles. The Morgan fingerprint density at radius 2 is 1.43 bits per heavy atom. The quantitative estimate of drug-likeness (QED) is 0.382. The van der Waals surface area contributed by atoms with Crippen molar-refractivity contribution in [2.75, 3.05) is 0 Å². The van der Waals surface area contributed by atoms with Crippen molar-refractivity contribution in [2.24, 2.45) is 0 Å². The van der Waals surface area contributed by atoms with Crippen molar-refractivity contribution in [2.45, 2.75) is 0 Å². The first-order chi connectivity index (χ1) is 1.73. The molecule has 0 heterocycles. The van der Waals surface area contributed by atoms with Gasteiger partial charge in [-0.15, -0.1) is 17.0 Å². The Balaban J connectivity index is -0.00000000750. The molecular formula is CH7BrNNaO3. The molecule has 0 aromatic heterocycles. The number of carbonyl (C=O) groups is 1. The van der Waals surface area contributed by atoms with Crippen LogP contribution in [-0.4, -0.2) is 16.4 Å². The molecule has 0 fully saturated rings. The summed E-state index contributed by atoms with van der Waals surface area (Å²) in [7, 11) is 0. The molecule has 0 aromatic carbocycles. The van der Waals surface area contributed by atoms with E-state index in [4.69, 9.17) is 15.0 Å². The van der Waals surface area contributed by atoms with E-state index >= 15 is 0 Å². The summed E-state index contributed by atoms with van der Waals surface area (Å²) >= 11 is 0. The first-order valence-electron chi connectivity index (χ1n) is 0.651. The maximum atomic E-state index is 8.56. The fourth-order valence-electron chi connectivity index (χ4n) is 0. The van der Waals surface area contributed by atoms with Crippen LogP contribution in [0.4, 0.5) is 4.79 Å². The third-order valence-corrected chi connectivity index (χ3v) is 0. The summed E-state index contributed by atoms with van der Waals surface area (Å²) in [5, 5.41) is 13.9. The molecule has 0 radical (unpaired) electrons. The van der Waals surface area contributed by atoms with Crippen LogP contribution in [-0.2, 0) is 0 Å². The van der Waals surface area contributed by atoms with E-state index < -0.39 is 6.16 Å². The van der Waals surface area contributed by atoms with Gasteiger partial charge in [-0.1, -0.05) is 0 Å². The summed E-state index contributed by atoms with van der Waals surface area (Å²) in [5.74, 6) is 0. The van der Waals surface area contributed by atoms with Gasteiger partial charge in [-0.25, -0.2) is 4.79 Å². The summed E-state index contributed by atoms with van der Waals surface area (Å²) in [5.41, 5.74) is 0. The van der Waals surface area contributed by atoms with Gasteiger partial charge in [0.25, 0.3) is 0 Å². The predicted molar refractivity (Wildman–Crippen MR) is 27.1 cm³/mol. The molecule has 6 heteroatoms. The standard InChI is InChI=1S/CH2O3.BrH.H3N.Na.H/c2-1(3)4;;;;/h(H2,2,3,4);1H;1H3;;/q;;;+1;-1. The number of halogens is 1. The fraction of sp³-hybridized carbons (Fsp3) is 0. The van der Waals surface area contributed by atoms with Crippen LogP contribution in [0.2, 0.25) is 0 Å². The Morgan fingerprint density at radius 1 is 1.43 bits per heavy atom. The Labute approximate surface area is 75.0 Å². The van der Waals surface area contributed by atoms with Gasteiger partial charge in [-0.2, -0.15) is 0 Å². The summed E-state index contributed by atoms with van der Waals surface area (Å²) in [6.07, 6.45) is -1.83. The largest absolute Gasteiger partial charge is 1.00 e. The fourth-order valence-corrected chi connectivity index (χ4v) is 0. The second kappa shape index (κ2) is 15.9. The van der Waals surface area contributed by atoms with E-state index in [0.717, 1.165) is 0 Å². The van der Waals surface area contributed by atoms with Gasteiger partial charge in [0.1, 0.15) is 0 Å². The van der Waals surface area contributed by atoms with E-state index in [0.29, 0.717) is 0 Å². The van der Waals surface area contributed by atoms with Crippen LogP contribution < -0.4 is 35.7 Å². The maximum absolute atomic E-state index is 8.56. The van der Waals surface area contributed by atoms with Crippen molar-refractivity contribution < 1.29 is 46.0 Å². The molecule has 0 saturated heterocycles. The number of rotatable bonds is 0. The van der Waals surface area contributed by atoms with Gasteiger partial charge >= 0.3 is 35.7 Å². The zero-order valence-corrected chi connectivity index (χ0v) is 7.63. The minimum Gasteiger partial charge on any atom is -1.00 e. The van der Waals surface area contributed by atoms with Crippen molar-refractivity contribution in [1.29, 1.82) is 0 Å². The van der Waals surface area contributed by atoms with Gasteiger partial charge in [-0.3, -0.25) is 0 Å². The van der Waals surface area contributed by atoms with Crippen LogP contribution in [0.3, 0.4) is 0 Å². The van der Waals surface area contributed by atoms with Gasteiger partial charge in [0.05, 0.1) is 0 Å². The smallest absolute Gasteiger partial charge is 1.00 e. The van der Waals surface area contributed by atoms with E-state index in [-0.39, 0.29) is 54.1 Å². The molecule has 7 heavy (non-hydrogen) atoms. The average Bonchev–Trinajstić information content (AvgIpc) is 0.811. The van der Waals surface area contributed by atoms with E-state index in [1.165, 1.54) is 0 Å². The summed E-state index contributed by atoms with van der Waals surface area (Å²) in [4.78, 5) is 8.56. The molecule has 0 aliphatic rings. The van der Waals surface area contributed by atoms with Crippen LogP contribution in [0.1, 0.15) is 1.43 Å². The van der Waals surface area contributed by atoms with Crippen molar-refractivity contribution in [3.05, 3.63) is 0 Å². The number of hydrogen-bond donors (Lipinski definition) is 3. The number of hydrogen-bond acceptors (Lipinski definition) is 2. The molecule has 0 atom stereocenters. The first kappa shape index (κ1) is 25.2. The third-order valence-electron chi connectivity index (χ3n) is 0. The van der Waals surface area contributed by atoms with Gasteiger partial charge in [0, 0.05) is 0 Å². The van der Waals surface area contributed by atoms with Crippen molar-refractivity contribution in [3.8, 4) is 0 Å². The van der Waals surface area contributed by atoms with E-state index in [9.17, 15) is 0 Å². The zero-order chi connectivity index (χ0) is 3.58. The Bertz CT molecular complexity index is 42.3. The second-order valence-electron chi connectivity index (χ2n) is 0.283. The van der Waals surface area contributed by atoms with Crippen LogP contribution >= 0.6 is 17.0 Å². The van der Waals surface area contributed by atoms with E-state index in [1.807, 2.05) is 0 Å². The molecule has 0 bridgehead atoms. The average molecular weight is 184 g/mol. The van der Waals surface area contributed by atoms with Crippen molar-refractivity contribution >= 4 is 23.1 Å². The van der Waals surface area contributed by atoms with E-state index in [1.54, 1.807) is 0 Å². The predicted octanol–water partition coefficient (Wildman–Crippen LogP) is -1.92. The van der Waals surface area contributed by atoms with Crippen molar-refractivity contribution in [3.63, 3.8) is 0 Å². The van der Waals surface area contributed by atoms with Gasteiger partial charge in [-0.05, 0) is 0 Å². The Kier molecular flexibility index (Phi) is 57.3. The molecule has 4 nitrogen and oxygen atoms in total. The minimum absolute atomic E-state index is 0. The first-order valence-corrected chi connectivity index (χ1v) is 0.651. The van der Waals surface area contributed by atoms with E-state index in [2.05, 4.69) is 0 Å². The van der Waals surface area contributed by atoms with Crippen LogP contribution in [0.15, 0.2) is 0 Å². The number of carboxylic acid groups (broad SMARTS) is 2. The van der Waals surface area contributed by atoms with Gasteiger partial charge < -0.3 is 17.8 Å². The third kappa shape index (κ3) is 295. The minimum atomic E-state index is -1.83. The summed E-state index contributed by atoms with van der Waals surface area (Å²) in [6, 6.07) is 0. The second-order valence-corrected chi connectivity index (χ2v) is 0.283. The zero-order valence-electron chi connectivity index (χ0n) is 4.92. The van der Waals surface area contributed by atoms with Crippen LogP contribution in [0, 0.1) is 0 Å². The molecule has 5 N–H and O–H groups in total. The monoisotopic (exact) mass is 183 g/mol. The maximum Gasteiger partial charge on any atom is 1.00 e. The van der Waals surface area contributed by atoms with Crippen LogP contribution in [0.25, 0.3) is 0 Å². The Hall–Kier alpha value is 0.710. The molecule has 42 valence electrons. The molecular weight excluding hydrogens is 177 g/mol. The molecule has 0 rings (SSSR count). The molecule has 0 amide bonds.